The van der Waals surface area contributed by atoms with Gasteiger partial charge in [-0.2, -0.15) is 0 Å². The molecule has 0 aromatic heterocycles. The maximum Gasteiger partial charge on any atom is 0.225 e. The lowest BCUT2D eigenvalue weighted by Crippen LogP contribution is -2.54. The third kappa shape index (κ3) is 3.43. The van der Waals surface area contributed by atoms with Crippen LogP contribution in [0, 0.1) is 5.92 Å². The van der Waals surface area contributed by atoms with E-state index in [1.54, 1.807) is 0 Å². The molecule has 18 heavy (non-hydrogen) atoms. The molecule has 1 atom stereocenters. The largest absolute Gasteiger partial charge is 0.381 e. The molecule has 104 valence electrons. The highest BCUT2D eigenvalue weighted by molar-refractivity contribution is 5.78. The highest BCUT2D eigenvalue weighted by Gasteiger charge is 2.27. The van der Waals surface area contributed by atoms with E-state index >= 15 is 0 Å². The normalized spacial score (nSPS) is 27.1. The van der Waals surface area contributed by atoms with Crippen LogP contribution in [0.5, 0.6) is 0 Å². The number of hydrogen-bond acceptors (Lipinski definition) is 4. The Labute approximate surface area is 109 Å². The maximum absolute atomic E-state index is 12.3. The molecule has 5 heteroatoms. The van der Waals surface area contributed by atoms with Crippen molar-refractivity contribution in [2.24, 2.45) is 5.92 Å². The van der Waals surface area contributed by atoms with E-state index in [2.05, 4.69) is 17.3 Å². The van der Waals surface area contributed by atoms with Gasteiger partial charge in [-0.25, -0.2) is 0 Å². The first-order valence-electron chi connectivity index (χ1n) is 6.92. The Morgan fingerprint density at radius 1 is 1.44 bits per heavy atom. The van der Waals surface area contributed by atoms with E-state index in [9.17, 15) is 4.79 Å². The van der Waals surface area contributed by atoms with Crippen LogP contribution in [0.1, 0.15) is 12.8 Å². The molecule has 1 N–H and O–H groups in total. The molecule has 2 saturated heterocycles. The summed E-state index contributed by atoms with van der Waals surface area (Å²) in [6.07, 6.45) is 1.75. The van der Waals surface area contributed by atoms with Gasteiger partial charge in [-0.3, -0.25) is 9.69 Å². The summed E-state index contributed by atoms with van der Waals surface area (Å²) in [6, 6.07) is 0.438. The van der Waals surface area contributed by atoms with Gasteiger partial charge in [0.15, 0.2) is 0 Å². The minimum atomic E-state index is 0.172. The molecule has 0 radical (unpaired) electrons. The predicted molar refractivity (Wildman–Crippen MR) is 70.5 cm³/mol. The quantitative estimate of drug-likeness (QED) is 0.757. The van der Waals surface area contributed by atoms with Crippen LogP contribution in [-0.2, 0) is 9.53 Å². The molecule has 0 aliphatic carbocycles. The molecule has 2 aliphatic rings. The van der Waals surface area contributed by atoms with Crippen LogP contribution in [0.3, 0.4) is 0 Å². The van der Waals surface area contributed by atoms with E-state index in [0.29, 0.717) is 6.04 Å². The van der Waals surface area contributed by atoms with Crippen molar-refractivity contribution in [1.29, 1.82) is 0 Å². The van der Waals surface area contributed by atoms with Crippen LogP contribution < -0.4 is 5.32 Å². The minimum Gasteiger partial charge on any atom is -0.381 e. The summed E-state index contributed by atoms with van der Waals surface area (Å²) in [7, 11) is 4.07. The van der Waals surface area contributed by atoms with Crippen LogP contribution in [0.25, 0.3) is 0 Å². The SMILES string of the molecule is CN(CC1CNCCN1C)C(=O)C1CCOCC1. The summed E-state index contributed by atoms with van der Waals surface area (Å²) >= 11 is 0. The van der Waals surface area contributed by atoms with Crippen LogP contribution in [0.15, 0.2) is 0 Å². The number of likely N-dealkylation sites (N-methyl/N-ethyl adjacent to an activating group) is 2. The number of amides is 1. The molecule has 2 heterocycles. The summed E-state index contributed by atoms with van der Waals surface area (Å²) < 4.78 is 5.31. The number of carbonyl (C=O) groups excluding carboxylic acids is 1. The van der Waals surface area contributed by atoms with Gasteiger partial charge in [-0.05, 0) is 19.9 Å². The van der Waals surface area contributed by atoms with Crippen molar-refractivity contribution in [2.45, 2.75) is 18.9 Å². The molecule has 2 aliphatic heterocycles. The first-order valence-corrected chi connectivity index (χ1v) is 6.92. The second kappa shape index (κ2) is 6.50. The highest BCUT2D eigenvalue weighted by atomic mass is 16.5. The van der Waals surface area contributed by atoms with Gasteiger partial charge < -0.3 is 15.0 Å². The van der Waals surface area contributed by atoms with Crippen LogP contribution in [0.4, 0.5) is 0 Å². The zero-order valence-electron chi connectivity index (χ0n) is 11.5. The first-order chi connectivity index (χ1) is 8.68. The fourth-order valence-corrected chi connectivity index (χ4v) is 2.73. The Balaban J connectivity index is 1.82. The van der Waals surface area contributed by atoms with E-state index in [-0.39, 0.29) is 11.8 Å². The molecule has 5 nitrogen and oxygen atoms in total. The van der Waals surface area contributed by atoms with Gasteiger partial charge >= 0.3 is 0 Å². The summed E-state index contributed by atoms with van der Waals surface area (Å²) in [6.45, 7) is 5.36. The van der Waals surface area contributed by atoms with Gasteiger partial charge in [0.25, 0.3) is 0 Å². The standard InChI is InChI=1S/C13H25N3O2/c1-15-6-5-14-9-12(15)10-16(2)13(17)11-3-7-18-8-4-11/h11-12,14H,3-10H2,1-2H3. The van der Waals surface area contributed by atoms with Crippen molar-refractivity contribution in [3.63, 3.8) is 0 Å². The Morgan fingerprint density at radius 2 is 2.17 bits per heavy atom. The molecule has 0 bridgehead atoms. The van der Waals surface area contributed by atoms with Crippen LogP contribution in [0.2, 0.25) is 0 Å². The Morgan fingerprint density at radius 3 is 2.83 bits per heavy atom. The lowest BCUT2D eigenvalue weighted by atomic mass is 9.98. The molecule has 2 rings (SSSR count). The topological polar surface area (TPSA) is 44.8 Å². The lowest BCUT2D eigenvalue weighted by molar-refractivity contribution is -0.137. The average molecular weight is 255 g/mol. The molecular weight excluding hydrogens is 230 g/mol. The molecular formula is C13H25N3O2. The Bertz CT molecular complexity index is 279. The zero-order chi connectivity index (χ0) is 13.0. The number of nitrogens with zero attached hydrogens (tertiary/aromatic N) is 2. The number of hydrogen-bond donors (Lipinski definition) is 1. The number of nitrogens with one attached hydrogen (secondary N) is 1. The van der Waals surface area contributed by atoms with E-state index in [1.165, 1.54) is 0 Å². The smallest absolute Gasteiger partial charge is 0.225 e. The van der Waals surface area contributed by atoms with Crippen molar-refractivity contribution in [1.82, 2.24) is 15.1 Å². The summed E-state index contributed by atoms with van der Waals surface area (Å²) in [5.41, 5.74) is 0. The highest BCUT2D eigenvalue weighted by Crippen LogP contribution is 2.17. The van der Waals surface area contributed by atoms with Gasteiger partial charge in [0.05, 0.1) is 0 Å². The van der Waals surface area contributed by atoms with Crippen LogP contribution in [-0.4, -0.2) is 75.2 Å². The third-order valence-corrected chi connectivity index (χ3v) is 4.08. The molecule has 0 spiro atoms. The van der Waals surface area contributed by atoms with Crippen molar-refractivity contribution in [2.75, 3.05) is 53.5 Å². The third-order valence-electron chi connectivity index (χ3n) is 4.08. The zero-order valence-corrected chi connectivity index (χ0v) is 11.5. The minimum absolute atomic E-state index is 0.172. The van der Waals surface area contributed by atoms with Gasteiger partial charge in [0, 0.05) is 58.4 Å². The average Bonchev–Trinajstić information content (AvgIpc) is 2.41. The summed E-state index contributed by atoms with van der Waals surface area (Å²) in [5.74, 6) is 0.461. The number of ether oxygens (including phenoxy) is 1. The fraction of sp³-hybridized carbons (Fsp3) is 0.923. The second-order valence-electron chi connectivity index (χ2n) is 5.44. The van der Waals surface area contributed by atoms with Crippen molar-refractivity contribution in [3.05, 3.63) is 0 Å². The van der Waals surface area contributed by atoms with Gasteiger partial charge in [0.1, 0.15) is 0 Å². The van der Waals surface area contributed by atoms with Gasteiger partial charge in [0.2, 0.25) is 5.91 Å². The number of rotatable bonds is 3. The molecule has 0 aromatic carbocycles. The number of piperazine rings is 1. The van der Waals surface area contributed by atoms with Crippen LogP contribution >= 0.6 is 0 Å². The Kier molecular flexibility index (Phi) is 4.97. The molecule has 1 unspecified atom stereocenters. The lowest BCUT2D eigenvalue weighted by Gasteiger charge is -2.36. The van der Waals surface area contributed by atoms with Crippen molar-refractivity contribution in [3.8, 4) is 0 Å². The molecule has 0 aromatic rings. The monoisotopic (exact) mass is 255 g/mol. The summed E-state index contributed by atoms with van der Waals surface area (Å²) in [4.78, 5) is 16.6. The summed E-state index contributed by atoms with van der Waals surface area (Å²) in [5, 5.41) is 3.39. The number of carbonyl (C=O) groups is 1. The fourth-order valence-electron chi connectivity index (χ4n) is 2.73. The van der Waals surface area contributed by atoms with Gasteiger partial charge in [-0.15, -0.1) is 0 Å². The van der Waals surface area contributed by atoms with E-state index in [0.717, 1.165) is 52.2 Å². The molecule has 1 amide bonds. The van der Waals surface area contributed by atoms with Gasteiger partial charge in [-0.1, -0.05) is 0 Å². The Hall–Kier alpha value is -0.650. The van der Waals surface area contributed by atoms with E-state index in [4.69, 9.17) is 4.74 Å². The second-order valence-corrected chi connectivity index (χ2v) is 5.44. The predicted octanol–water partition coefficient (Wildman–Crippen LogP) is -0.225. The maximum atomic E-state index is 12.3. The first kappa shape index (κ1) is 13.8. The van der Waals surface area contributed by atoms with Crippen molar-refractivity contribution < 1.29 is 9.53 Å². The van der Waals surface area contributed by atoms with E-state index < -0.39 is 0 Å². The van der Waals surface area contributed by atoms with E-state index in [1.807, 2.05) is 11.9 Å². The molecule has 0 saturated carbocycles. The molecule has 2 fully saturated rings. The van der Waals surface area contributed by atoms with Crippen molar-refractivity contribution >= 4 is 5.91 Å².